The fourth-order valence-corrected chi connectivity index (χ4v) is 2.31. The van der Waals surface area contributed by atoms with E-state index in [4.69, 9.17) is 0 Å². The second-order valence-corrected chi connectivity index (χ2v) is 5.39. The number of carbonyl (C=O) groups is 1. The molecular weight excluding hydrogens is 288 g/mol. The summed E-state index contributed by atoms with van der Waals surface area (Å²) in [6, 6.07) is 9.49. The van der Waals surface area contributed by atoms with Crippen LogP contribution in [0.2, 0.25) is 0 Å². The first-order valence-corrected chi connectivity index (χ1v) is 8.19. The van der Waals surface area contributed by atoms with Crippen molar-refractivity contribution in [2.75, 3.05) is 17.2 Å². The number of para-hydroxylation sites is 1. The molecule has 2 N–H and O–H groups in total. The minimum atomic E-state index is -0.218. The van der Waals surface area contributed by atoms with Crippen molar-refractivity contribution < 1.29 is 4.79 Å². The van der Waals surface area contributed by atoms with Crippen LogP contribution in [0.3, 0.4) is 0 Å². The van der Waals surface area contributed by atoms with Crippen LogP contribution in [0.4, 0.5) is 11.5 Å². The van der Waals surface area contributed by atoms with Gasteiger partial charge in [-0.2, -0.15) is 0 Å². The first kappa shape index (κ1) is 16.9. The van der Waals surface area contributed by atoms with Crippen LogP contribution in [0.1, 0.15) is 49.2 Å². The van der Waals surface area contributed by atoms with Gasteiger partial charge in [-0.05, 0) is 24.5 Å². The van der Waals surface area contributed by atoms with Gasteiger partial charge in [-0.15, -0.1) is 0 Å². The third kappa shape index (κ3) is 5.06. The third-order valence-electron chi connectivity index (χ3n) is 3.63. The fraction of sp³-hybridized carbons (Fsp3) is 0.389. The second-order valence-electron chi connectivity index (χ2n) is 5.39. The van der Waals surface area contributed by atoms with Crippen LogP contribution < -0.4 is 10.6 Å². The summed E-state index contributed by atoms with van der Waals surface area (Å²) in [7, 11) is 0. The van der Waals surface area contributed by atoms with Gasteiger partial charge in [-0.3, -0.25) is 4.79 Å². The van der Waals surface area contributed by atoms with E-state index in [1.54, 1.807) is 6.07 Å². The Labute approximate surface area is 137 Å². The molecule has 1 amide bonds. The van der Waals surface area contributed by atoms with Gasteiger partial charge in [0.25, 0.3) is 5.91 Å². The highest BCUT2D eigenvalue weighted by Crippen LogP contribution is 2.16. The minimum absolute atomic E-state index is 0.218. The predicted molar refractivity (Wildman–Crippen MR) is 93.8 cm³/mol. The number of hydrogen-bond donors (Lipinski definition) is 2. The molecule has 5 nitrogen and oxygen atoms in total. The van der Waals surface area contributed by atoms with Crippen LogP contribution in [0.5, 0.6) is 0 Å². The molecule has 0 unspecified atom stereocenters. The number of anilines is 2. The summed E-state index contributed by atoms with van der Waals surface area (Å²) < 4.78 is 0. The first-order chi connectivity index (χ1) is 11.2. The number of aromatic nitrogens is 2. The highest BCUT2D eigenvalue weighted by Gasteiger charge is 2.10. The number of benzene rings is 1. The number of aryl methyl sites for hydroxylation is 1. The van der Waals surface area contributed by atoms with Crippen molar-refractivity contribution in [2.45, 2.75) is 39.5 Å². The van der Waals surface area contributed by atoms with Crippen LogP contribution in [-0.4, -0.2) is 22.4 Å². The smallest absolute Gasteiger partial charge is 0.274 e. The van der Waals surface area contributed by atoms with E-state index in [2.05, 4.69) is 34.4 Å². The largest absolute Gasteiger partial charge is 0.370 e. The number of amides is 1. The number of carbonyl (C=O) groups excluding carboxylic acids is 1. The quantitative estimate of drug-likeness (QED) is 0.726. The van der Waals surface area contributed by atoms with E-state index in [1.807, 2.05) is 24.3 Å². The number of unbranched alkanes of at least 4 members (excludes halogenated alkanes) is 2. The first-order valence-electron chi connectivity index (χ1n) is 8.19. The molecule has 5 heteroatoms. The zero-order valence-electron chi connectivity index (χ0n) is 13.8. The lowest BCUT2D eigenvalue weighted by molar-refractivity contribution is 0.102. The zero-order chi connectivity index (χ0) is 16.5. The van der Waals surface area contributed by atoms with Gasteiger partial charge >= 0.3 is 0 Å². The molecule has 0 spiro atoms. The summed E-state index contributed by atoms with van der Waals surface area (Å²) in [4.78, 5) is 20.6. The van der Waals surface area contributed by atoms with Gasteiger partial charge in [0.15, 0.2) is 0 Å². The Bertz CT molecular complexity index is 642. The number of rotatable bonds is 8. The lowest BCUT2D eigenvalue weighted by Crippen LogP contribution is -2.16. The Balaban J connectivity index is 2.02. The van der Waals surface area contributed by atoms with E-state index in [-0.39, 0.29) is 5.91 Å². The van der Waals surface area contributed by atoms with Crippen LogP contribution in [0.15, 0.2) is 36.7 Å². The van der Waals surface area contributed by atoms with Crippen LogP contribution in [0.25, 0.3) is 0 Å². The van der Waals surface area contributed by atoms with Crippen molar-refractivity contribution in [3.8, 4) is 0 Å². The van der Waals surface area contributed by atoms with E-state index in [1.165, 1.54) is 19.2 Å². The van der Waals surface area contributed by atoms with Gasteiger partial charge in [0.1, 0.15) is 17.8 Å². The molecule has 0 aliphatic rings. The Morgan fingerprint density at radius 2 is 1.96 bits per heavy atom. The fourth-order valence-electron chi connectivity index (χ4n) is 2.31. The maximum Gasteiger partial charge on any atom is 0.274 e. The average molecular weight is 312 g/mol. The van der Waals surface area contributed by atoms with Crippen LogP contribution in [-0.2, 0) is 6.42 Å². The molecule has 0 fully saturated rings. The lowest BCUT2D eigenvalue weighted by atomic mass is 10.1. The molecule has 122 valence electrons. The molecular formula is C18H24N4O. The number of hydrogen-bond acceptors (Lipinski definition) is 4. The van der Waals surface area contributed by atoms with E-state index >= 15 is 0 Å². The van der Waals surface area contributed by atoms with Gasteiger partial charge < -0.3 is 10.6 Å². The molecule has 0 aliphatic heterocycles. The predicted octanol–water partition coefficient (Wildman–Crippen LogP) is 3.89. The van der Waals surface area contributed by atoms with Crippen molar-refractivity contribution in [3.05, 3.63) is 47.9 Å². The summed E-state index contributed by atoms with van der Waals surface area (Å²) in [6.45, 7) is 5.08. The van der Waals surface area contributed by atoms with Gasteiger partial charge in [0.05, 0.1) is 0 Å². The highest BCUT2D eigenvalue weighted by molar-refractivity contribution is 6.03. The van der Waals surface area contributed by atoms with E-state index in [0.717, 1.165) is 30.6 Å². The number of nitrogens with zero attached hydrogens (tertiary/aromatic N) is 2. The molecule has 1 aromatic heterocycles. The van der Waals surface area contributed by atoms with Crippen molar-refractivity contribution in [3.63, 3.8) is 0 Å². The molecule has 0 radical (unpaired) electrons. The van der Waals surface area contributed by atoms with Crippen molar-refractivity contribution in [2.24, 2.45) is 0 Å². The molecule has 1 aromatic carbocycles. The molecule has 1 heterocycles. The molecule has 0 atom stereocenters. The summed E-state index contributed by atoms with van der Waals surface area (Å²) in [5.41, 5.74) is 2.30. The topological polar surface area (TPSA) is 66.9 Å². The van der Waals surface area contributed by atoms with Crippen molar-refractivity contribution >= 4 is 17.4 Å². The molecule has 0 saturated carbocycles. The molecule has 0 saturated heterocycles. The van der Waals surface area contributed by atoms with Crippen molar-refractivity contribution in [1.29, 1.82) is 0 Å². The van der Waals surface area contributed by atoms with E-state index < -0.39 is 0 Å². The Hall–Kier alpha value is -2.43. The van der Waals surface area contributed by atoms with Gasteiger partial charge in [0, 0.05) is 18.3 Å². The SMILES string of the molecule is CCCCCNc1cc(C(=O)Nc2ccccc2CC)ncn1. The molecule has 2 rings (SSSR count). The third-order valence-corrected chi connectivity index (χ3v) is 3.63. The Morgan fingerprint density at radius 1 is 1.13 bits per heavy atom. The monoisotopic (exact) mass is 312 g/mol. The Kier molecular flexibility index (Phi) is 6.54. The maximum absolute atomic E-state index is 12.4. The van der Waals surface area contributed by atoms with Crippen LogP contribution in [0, 0.1) is 0 Å². The second kappa shape index (κ2) is 8.88. The molecule has 23 heavy (non-hydrogen) atoms. The summed E-state index contributed by atoms with van der Waals surface area (Å²) >= 11 is 0. The standard InChI is InChI=1S/C18H24N4O/c1-3-5-8-11-19-17-12-16(20-13-21-17)18(23)22-15-10-7-6-9-14(15)4-2/h6-7,9-10,12-13H,3-5,8,11H2,1-2H3,(H,22,23)(H,19,20,21). The van der Waals surface area contributed by atoms with Crippen molar-refractivity contribution in [1.82, 2.24) is 9.97 Å². The van der Waals surface area contributed by atoms with E-state index in [9.17, 15) is 4.79 Å². The lowest BCUT2D eigenvalue weighted by Gasteiger charge is -2.10. The van der Waals surface area contributed by atoms with Gasteiger partial charge in [-0.1, -0.05) is 44.9 Å². The minimum Gasteiger partial charge on any atom is -0.370 e. The molecule has 0 aliphatic carbocycles. The van der Waals surface area contributed by atoms with E-state index in [0.29, 0.717) is 11.5 Å². The highest BCUT2D eigenvalue weighted by atomic mass is 16.1. The van der Waals surface area contributed by atoms with Crippen LogP contribution >= 0.6 is 0 Å². The maximum atomic E-state index is 12.4. The molecule has 0 bridgehead atoms. The average Bonchev–Trinajstić information content (AvgIpc) is 2.59. The van der Waals surface area contributed by atoms with Gasteiger partial charge in [0.2, 0.25) is 0 Å². The molecule has 2 aromatic rings. The zero-order valence-corrected chi connectivity index (χ0v) is 13.8. The van der Waals surface area contributed by atoms with Gasteiger partial charge in [-0.25, -0.2) is 9.97 Å². The number of nitrogens with one attached hydrogen (secondary N) is 2. The normalized spacial score (nSPS) is 10.3. The summed E-state index contributed by atoms with van der Waals surface area (Å²) in [5, 5.41) is 6.15. The summed E-state index contributed by atoms with van der Waals surface area (Å²) in [6.07, 6.45) is 5.73. The summed E-state index contributed by atoms with van der Waals surface area (Å²) in [5.74, 6) is 0.468. The Morgan fingerprint density at radius 3 is 2.74 bits per heavy atom.